The summed E-state index contributed by atoms with van der Waals surface area (Å²) in [6.07, 6.45) is 7.58. The van der Waals surface area contributed by atoms with Crippen molar-refractivity contribution in [3.63, 3.8) is 0 Å². The second kappa shape index (κ2) is 6.59. The third-order valence-corrected chi connectivity index (χ3v) is 6.06. The van der Waals surface area contributed by atoms with E-state index >= 15 is 0 Å². The van der Waals surface area contributed by atoms with E-state index in [1.54, 1.807) is 0 Å². The molecule has 4 heteroatoms. The molecule has 3 rings (SSSR count). The molecule has 0 spiro atoms. The first-order chi connectivity index (χ1) is 10.6. The van der Waals surface area contributed by atoms with E-state index in [2.05, 4.69) is 19.2 Å². The number of likely N-dealkylation sites (tertiary alicyclic amines) is 1. The van der Waals surface area contributed by atoms with Gasteiger partial charge >= 0.3 is 0 Å². The Balaban J connectivity index is 1.53. The Morgan fingerprint density at radius 3 is 2.45 bits per heavy atom. The van der Waals surface area contributed by atoms with Crippen LogP contribution in [0.5, 0.6) is 0 Å². The molecule has 2 amide bonds. The monoisotopic (exact) mass is 306 g/mol. The smallest absolute Gasteiger partial charge is 0.225 e. The van der Waals surface area contributed by atoms with Gasteiger partial charge in [0.2, 0.25) is 11.8 Å². The molecule has 1 saturated heterocycles. The van der Waals surface area contributed by atoms with Gasteiger partial charge in [-0.1, -0.05) is 26.7 Å². The molecule has 0 radical (unpaired) electrons. The van der Waals surface area contributed by atoms with Gasteiger partial charge in [-0.25, -0.2) is 0 Å². The van der Waals surface area contributed by atoms with Crippen molar-refractivity contribution in [3.05, 3.63) is 0 Å². The molecule has 4 nitrogen and oxygen atoms in total. The lowest BCUT2D eigenvalue weighted by Crippen LogP contribution is -2.50. The second-order valence-electron chi connectivity index (χ2n) is 7.78. The molecule has 0 aromatic carbocycles. The number of nitrogens with zero attached hydrogens (tertiary/aromatic N) is 1. The lowest BCUT2D eigenvalue weighted by Gasteiger charge is -2.37. The summed E-state index contributed by atoms with van der Waals surface area (Å²) in [6.45, 7) is 6.03. The lowest BCUT2D eigenvalue weighted by molar-refractivity contribution is -0.137. The summed E-state index contributed by atoms with van der Waals surface area (Å²) < 4.78 is 0. The predicted octanol–water partition coefficient (Wildman–Crippen LogP) is 2.58. The number of hydrogen-bond donors (Lipinski definition) is 1. The number of nitrogens with one attached hydrogen (secondary N) is 1. The second-order valence-corrected chi connectivity index (χ2v) is 7.78. The maximum Gasteiger partial charge on any atom is 0.225 e. The van der Waals surface area contributed by atoms with Gasteiger partial charge in [0.15, 0.2) is 0 Å². The zero-order valence-electron chi connectivity index (χ0n) is 14.0. The molecular formula is C18H30N2O2. The van der Waals surface area contributed by atoms with Gasteiger partial charge in [0.1, 0.15) is 0 Å². The first kappa shape index (κ1) is 15.8. The zero-order valence-corrected chi connectivity index (χ0v) is 14.0. The molecule has 0 bridgehead atoms. The first-order valence-electron chi connectivity index (χ1n) is 9.15. The van der Waals surface area contributed by atoms with Crippen molar-refractivity contribution >= 4 is 11.8 Å². The maximum absolute atomic E-state index is 12.6. The van der Waals surface area contributed by atoms with E-state index in [9.17, 15) is 9.59 Å². The number of amides is 2. The highest BCUT2D eigenvalue weighted by atomic mass is 16.2. The molecule has 1 N–H and O–H groups in total. The van der Waals surface area contributed by atoms with Crippen LogP contribution in [0.2, 0.25) is 0 Å². The van der Waals surface area contributed by atoms with Gasteiger partial charge in [0.05, 0.1) is 5.92 Å². The van der Waals surface area contributed by atoms with Crippen LogP contribution in [-0.4, -0.2) is 35.8 Å². The van der Waals surface area contributed by atoms with Crippen LogP contribution in [0.4, 0.5) is 0 Å². The highest BCUT2D eigenvalue weighted by Crippen LogP contribution is 2.33. The summed E-state index contributed by atoms with van der Waals surface area (Å²) in [4.78, 5) is 26.8. The Morgan fingerprint density at radius 2 is 1.73 bits per heavy atom. The van der Waals surface area contributed by atoms with Crippen LogP contribution in [0.3, 0.4) is 0 Å². The fraction of sp³-hybridized carbons (Fsp3) is 0.889. The summed E-state index contributed by atoms with van der Waals surface area (Å²) >= 11 is 0. The zero-order chi connectivity index (χ0) is 15.7. The van der Waals surface area contributed by atoms with Gasteiger partial charge in [0.25, 0.3) is 0 Å². The Morgan fingerprint density at radius 1 is 0.955 bits per heavy atom. The summed E-state index contributed by atoms with van der Waals surface area (Å²) in [5.74, 6) is 1.99. The molecule has 0 unspecified atom stereocenters. The molecule has 1 aliphatic heterocycles. The average Bonchev–Trinajstić information content (AvgIpc) is 3.36. The van der Waals surface area contributed by atoms with Crippen molar-refractivity contribution in [2.75, 3.05) is 13.1 Å². The molecule has 22 heavy (non-hydrogen) atoms. The van der Waals surface area contributed by atoms with Crippen LogP contribution in [-0.2, 0) is 9.59 Å². The molecule has 3 fully saturated rings. The van der Waals surface area contributed by atoms with Crippen molar-refractivity contribution in [1.82, 2.24) is 10.2 Å². The van der Waals surface area contributed by atoms with E-state index in [4.69, 9.17) is 0 Å². The third kappa shape index (κ3) is 3.47. The Hall–Kier alpha value is -1.06. The largest absolute Gasteiger partial charge is 0.353 e. The minimum atomic E-state index is 0.000817. The fourth-order valence-electron chi connectivity index (χ4n) is 4.07. The number of carbonyl (C=O) groups excluding carboxylic acids is 2. The Kier molecular flexibility index (Phi) is 4.74. The van der Waals surface area contributed by atoms with E-state index in [-0.39, 0.29) is 23.7 Å². The fourth-order valence-corrected chi connectivity index (χ4v) is 4.07. The lowest BCUT2D eigenvalue weighted by atomic mass is 9.78. The van der Waals surface area contributed by atoms with Gasteiger partial charge in [-0.2, -0.15) is 0 Å². The SMILES string of the molecule is C[C@H]1[C@H](C)CCC[C@@H]1NC(=O)[C@@H]1CCCN(C(=O)C2CC2)C1. The summed E-state index contributed by atoms with van der Waals surface area (Å²) in [5.41, 5.74) is 0. The van der Waals surface area contributed by atoms with Gasteiger partial charge in [-0.15, -0.1) is 0 Å². The summed E-state index contributed by atoms with van der Waals surface area (Å²) in [7, 11) is 0. The van der Waals surface area contributed by atoms with Crippen LogP contribution in [0.1, 0.15) is 58.8 Å². The molecule has 0 aromatic heterocycles. The number of rotatable bonds is 3. The predicted molar refractivity (Wildman–Crippen MR) is 86.1 cm³/mol. The molecule has 1 heterocycles. The van der Waals surface area contributed by atoms with Crippen LogP contribution < -0.4 is 5.32 Å². The summed E-state index contributed by atoms with van der Waals surface area (Å²) in [6, 6.07) is 0.325. The normalized spacial score (nSPS) is 36.0. The number of piperidine rings is 1. The minimum absolute atomic E-state index is 0.000817. The molecule has 124 valence electrons. The van der Waals surface area contributed by atoms with Crippen molar-refractivity contribution in [3.8, 4) is 0 Å². The quantitative estimate of drug-likeness (QED) is 0.871. The van der Waals surface area contributed by atoms with Crippen molar-refractivity contribution in [1.29, 1.82) is 0 Å². The van der Waals surface area contributed by atoms with E-state index in [1.165, 1.54) is 12.8 Å². The standard InChI is InChI=1S/C18H30N2O2/c1-12-5-3-7-16(13(12)2)19-17(21)15-6-4-10-20(11-15)18(22)14-8-9-14/h12-16H,3-11H2,1-2H3,(H,19,21)/t12-,13+,15-,16+/m1/s1. The topological polar surface area (TPSA) is 49.4 Å². The minimum Gasteiger partial charge on any atom is -0.353 e. The highest BCUT2D eigenvalue weighted by molar-refractivity contribution is 5.83. The van der Waals surface area contributed by atoms with Crippen molar-refractivity contribution in [2.24, 2.45) is 23.7 Å². The van der Waals surface area contributed by atoms with Crippen LogP contribution in [0.15, 0.2) is 0 Å². The van der Waals surface area contributed by atoms with E-state index < -0.39 is 0 Å². The Labute approximate surface area is 134 Å². The van der Waals surface area contributed by atoms with Gasteiger partial charge in [-0.3, -0.25) is 9.59 Å². The third-order valence-electron chi connectivity index (χ3n) is 6.06. The van der Waals surface area contributed by atoms with Crippen LogP contribution in [0, 0.1) is 23.7 Å². The molecule has 0 aromatic rings. The molecule has 3 aliphatic rings. The highest BCUT2D eigenvalue weighted by Gasteiger charge is 2.37. The summed E-state index contributed by atoms with van der Waals surface area (Å²) in [5, 5.41) is 3.30. The van der Waals surface area contributed by atoms with Crippen LogP contribution >= 0.6 is 0 Å². The number of hydrogen-bond acceptors (Lipinski definition) is 2. The van der Waals surface area contributed by atoms with Crippen molar-refractivity contribution in [2.45, 2.75) is 64.8 Å². The maximum atomic E-state index is 12.6. The molecule has 2 aliphatic carbocycles. The van der Waals surface area contributed by atoms with Crippen LogP contribution in [0.25, 0.3) is 0 Å². The molecular weight excluding hydrogens is 276 g/mol. The first-order valence-corrected chi connectivity index (χ1v) is 9.15. The van der Waals surface area contributed by atoms with Gasteiger partial charge in [0, 0.05) is 25.0 Å². The number of carbonyl (C=O) groups is 2. The average molecular weight is 306 g/mol. The van der Waals surface area contributed by atoms with E-state index in [1.807, 2.05) is 4.90 Å². The van der Waals surface area contributed by atoms with Gasteiger partial charge < -0.3 is 10.2 Å². The van der Waals surface area contributed by atoms with Crippen molar-refractivity contribution < 1.29 is 9.59 Å². The van der Waals surface area contributed by atoms with E-state index in [0.717, 1.165) is 38.6 Å². The molecule has 2 saturated carbocycles. The molecule has 4 atom stereocenters. The Bertz CT molecular complexity index is 433. The van der Waals surface area contributed by atoms with E-state index in [0.29, 0.717) is 24.4 Å². The van der Waals surface area contributed by atoms with Gasteiger partial charge in [-0.05, 0) is 43.9 Å².